The van der Waals surface area contributed by atoms with Crippen molar-refractivity contribution in [1.82, 2.24) is 34.4 Å². The molecule has 1 aromatic carbocycles. The quantitative estimate of drug-likeness (QED) is 0.165. The van der Waals surface area contributed by atoms with Crippen molar-refractivity contribution >= 4 is 20.2 Å². The number of hydrogen-bond acceptors (Lipinski definition) is 7. The van der Waals surface area contributed by atoms with E-state index in [1.54, 1.807) is 11.8 Å². The number of carbonyl (C=O) groups excluding carboxylic acids is 1. The third-order valence-electron chi connectivity index (χ3n) is 10.6. The van der Waals surface area contributed by atoms with E-state index in [4.69, 9.17) is 19.2 Å². The van der Waals surface area contributed by atoms with Crippen molar-refractivity contribution in [2.24, 2.45) is 0 Å². The van der Waals surface area contributed by atoms with Crippen molar-refractivity contribution in [2.75, 3.05) is 51.8 Å². The second-order valence-corrected chi connectivity index (χ2v) is 20.0. The number of benzene rings is 1. The van der Waals surface area contributed by atoms with Crippen LogP contribution >= 0.6 is 0 Å². The average molecular weight is 721 g/mol. The van der Waals surface area contributed by atoms with E-state index in [0.717, 1.165) is 60.1 Å². The summed E-state index contributed by atoms with van der Waals surface area (Å²) in [5, 5.41) is 11.3. The predicted molar refractivity (Wildman–Crippen MR) is 196 cm³/mol. The number of nitrogens with zero attached hydrogens (tertiary/aromatic N) is 6. The maximum Gasteiger partial charge on any atom is 0.320 e. The maximum atomic E-state index is 14.0. The molecule has 2 aliphatic heterocycles. The number of amides is 2. The van der Waals surface area contributed by atoms with Crippen LogP contribution in [0.15, 0.2) is 55.0 Å². The predicted octanol–water partition coefficient (Wildman–Crippen LogP) is 6.35. The summed E-state index contributed by atoms with van der Waals surface area (Å²) in [7, 11) is -0.195. The van der Waals surface area contributed by atoms with Crippen LogP contribution < -0.4 is 10.6 Å². The molecule has 2 atom stereocenters. The summed E-state index contributed by atoms with van der Waals surface area (Å²) in [5.41, 5.74) is 5.36. The van der Waals surface area contributed by atoms with Gasteiger partial charge in [0.2, 0.25) is 0 Å². The van der Waals surface area contributed by atoms with Gasteiger partial charge < -0.3 is 19.0 Å². The first-order valence-electron chi connectivity index (χ1n) is 17.5. The second-order valence-electron chi connectivity index (χ2n) is 15.1. The number of fused-ring (bicyclic) bond motifs is 1. The fraction of sp³-hybridized carbons (Fsp3) is 0.486. The van der Waals surface area contributed by atoms with Crippen LogP contribution in [0.2, 0.25) is 18.1 Å². The van der Waals surface area contributed by atoms with Crippen LogP contribution in [0, 0.1) is 18.6 Å². The number of nitrogens with one attached hydrogen (secondary N) is 2. The molecule has 274 valence electrons. The van der Waals surface area contributed by atoms with E-state index >= 15 is 0 Å². The molecular weight excluding hydrogens is 671 g/mol. The van der Waals surface area contributed by atoms with Gasteiger partial charge in [-0.25, -0.2) is 18.3 Å². The van der Waals surface area contributed by atoms with Gasteiger partial charge in [0.05, 0.1) is 35.8 Å². The number of hydrogen-bond donors (Lipinski definition) is 2. The topological polar surface area (TPSA) is 102 Å². The molecule has 4 aromatic rings. The third-order valence-corrected chi connectivity index (χ3v) is 15.1. The summed E-state index contributed by atoms with van der Waals surface area (Å²) in [6, 6.07) is 10.5. The molecule has 0 radical (unpaired) electrons. The number of pyridine rings is 1. The van der Waals surface area contributed by atoms with Gasteiger partial charge in [-0.3, -0.25) is 20.1 Å². The van der Waals surface area contributed by atoms with Gasteiger partial charge in [0.1, 0.15) is 5.82 Å². The number of aromatic nitrogens is 4. The molecule has 2 aliphatic rings. The second kappa shape index (κ2) is 15.0. The number of rotatable bonds is 12. The van der Waals surface area contributed by atoms with Gasteiger partial charge in [0.25, 0.3) is 0 Å². The Morgan fingerprint density at radius 1 is 1.02 bits per heavy atom. The van der Waals surface area contributed by atoms with Crippen LogP contribution in [0.3, 0.4) is 0 Å². The molecule has 5 heterocycles. The minimum atomic E-state index is -1.82. The summed E-state index contributed by atoms with van der Waals surface area (Å²) < 4.78 is 43.0. The highest BCUT2D eigenvalue weighted by Gasteiger charge is 2.38. The van der Waals surface area contributed by atoms with Crippen LogP contribution in [0.25, 0.3) is 16.9 Å². The zero-order valence-electron chi connectivity index (χ0n) is 30.7. The van der Waals surface area contributed by atoms with Crippen molar-refractivity contribution in [3.8, 4) is 16.9 Å². The fourth-order valence-corrected chi connectivity index (χ4v) is 7.61. The van der Waals surface area contributed by atoms with E-state index in [1.807, 2.05) is 43.5 Å². The Morgan fingerprint density at radius 3 is 2.41 bits per heavy atom. The number of urea groups is 1. The zero-order chi connectivity index (χ0) is 36.5. The van der Waals surface area contributed by atoms with Crippen LogP contribution in [0.5, 0.6) is 0 Å². The van der Waals surface area contributed by atoms with E-state index < -0.39 is 32.0 Å². The molecule has 14 heteroatoms. The molecule has 0 spiro atoms. The van der Waals surface area contributed by atoms with Crippen molar-refractivity contribution in [2.45, 2.75) is 71.0 Å². The van der Waals surface area contributed by atoms with E-state index in [0.29, 0.717) is 44.4 Å². The number of para-hydroxylation sites is 1. The molecule has 51 heavy (non-hydrogen) atoms. The van der Waals surface area contributed by atoms with E-state index in [1.165, 1.54) is 4.57 Å². The molecule has 0 saturated carbocycles. The lowest BCUT2D eigenvalue weighted by Gasteiger charge is -2.36. The SMILES string of the molecule is COCCN1C[C@@H](n2cc(F)c(F)c2)[C@H](NC(=O)Nc2c(C)c(-c3cnc4c(c3)CN(CCO[Si](C)(C)C(C)(C)C)C4)nn2-c2ccccc2)C1. The molecule has 1 saturated heterocycles. The lowest BCUT2D eigenvalue weighted by molar-refractivity contribution is 0.158. The number of likely N-dealkylation sites (tertiary alicyclic amines) is 1. The molecule has 11 nitrogen and oxygen atoms in total. The Kier molecular flexibility index (Phi) is 10.8. The van der Waals surface area contributed by atoms with Crippen LogP contribution in [0.4, 0.5) is 19.4 Å². The zero-order valence-corrected chi connectivity index (χ0v) is 31.7. The van der Waals surface area contributed by atoms with Crippen LogP contribution in [-0.4, -0.2) is 96.0 Å². The first-order valence-corrected chi connectivity index (χ1v) is 20.5. The number of methoxy groups -OCH3 is 1. The lowest BCUT2D eigenvalue weighted by atomic mass is 10.1. The van der Waals surface area contributed by atoms with Crippen molar-refractivity contribution in [3.63, 3.8) is 0 Å². The fourth-order valence-electron chi connectivity index (χ4n) is 6.57. The van der Waals surface area contributed by atoms with Gasteiger partial charge >= 0.3 is 6.03 Å². The van der Waals surface area contributed by atoms with E-state index in [2.05, 4.69) is 60.4 Å². The van der Waals surface area contributed by atoms with Gasteiger partial charge in [-0.05, 0) is 48.8 Å². The Morgan fingerprint density at radius 2 is 1.73 bits per heavy atom. The van der Waals surface area contributed by atoms with Crippen molar-refractivity contribution in [1.29, 1.82) is 0 Å². The van der Waals surface area contributed by atoms with Gasteiger partial charge in [0.15, 0.2) is 20.0 Å². The Balaban J connectivity index is 1.21. The van der Waals surface area contributed by atoms with Crippen LogP contribution in [-0.2, 0) is 22.3 Å². The molecule has 2 N–H and O–H groups in total. The minimum Gasteiger partial charge on any atom is -0.416 e. The van der Waals surface area contributed by atoms with E-state index in [9.17, 15) is 13.6 Å². The smallest absolute Gasteiger partial charge is 0.320 e. The lowest BCUT2D eigenvalue weighted by Crippen LogP contribution is -2.43. The summed E-state index contributed by atoms with van der Waals surface area (Å²) in [6.45, 7) is 18.5. The molecule has 0 unspecified atom stereocenters. The standard InChI is InChI=1S/C37H50F2N8O3Si/c1-25-34(26-17-27-19-44(22-31(27)40-18-26)14-16-50-51(6,7)37(2,3)4)43-47(28-11-9-8-10-12-28)35(25)42-36(48)41-32-23-45(13-15-49-5)24-33(32)46-20-29(38)30(39)21-46/h8-12,17-18,20-21,32-33H,13-16,19,22-24H2,1-7H3,(H2,41,42,48)/t32-,33-/m1/s1. The number of ether oxygens (including phenoxy) is 1. The monoisotopic (exact) mass is 720 g/mol. The van der Waals surface area contributed by atoms with Gasteiger partial charge in [-0.1, -0.05) is 39.0 Å². The summed E-state index contributed by atoms with van der Waals surface area (Å²) in [5.74, 6) is -1.33. The van der Waals surface area contributed by atoms with Gasteiger partial charge in [-0.15, -0.1) is 0 Å². The summed E-state index contributed by atoms with van der Waals surface area (Å²) in [6.07, 6.45) is 4.14. The highest BCUT2D eigenvalue weighted by Crippen LogP contribution is 2.37. The molecule has 3 aromatic heterocycles. The Hall–Kier alpha value is -3.95. The number of carbonyl (C=O) groups is 1. The number of halogens is 2. The summed E-state index contributed by atoms with van der Waals surface area (Å²) in [4.78, 5) is 23.0. The van der Waals surface area contributed by atoms with Crippen LogP contribution in [0.1, 0.15) is 43.6 Å². The summed E-state index contributed by atoms with van der Waals surface area (Å²) >= 11 is 0. The first-order chi connectivity index (χ1) is 24.2. The highest BCUT2D eigenvalue weighted by molar-refractivity contribution is 6.74. The molecule has 2 amide bonds. The van der Waals surface area contributed by atoms with Crippen molar-refractivity contribution in [3.05, 3.63) is 83.4 Å². The van der Waals surface area contributed by atoms with E-state index in [-0.39, 0.29) is 11.1 Å². The van der Waals surface area contributed by atoms with Gasteiger partial charge in [-0.2, -0.15) is 5.10 Å². The normalized spacial score (nSPS) is 18.4. The van der Waals surface area contributed by atoms with Gasteiger partial charge in [0, 0.05) is 82.7 Å². The molecule has 0 bridgehead atoms. The Bertz CT molecular complexity index is 1820. The molecule has 1 fully saturated rings. The molecular formula is C37H50F2N8O3Si. The minimum absolute atomic E-state index is 0.168. The average Bonchev–Trinajstić information content (AvgIpc) is 3.84. The van der Waals surface area contributed by atoms with Crippen molar-refractivity contribution < 1.29 is 22.7 Å². The molecule has 6 rings (SSSR count). The largest absolute Gasteiger partial charge is 0.416 e. The third kappa shape index (κ3) is 8.10. The highest BCUT2D eigenvalue weighted by atomic mass is 28.4. The maximum absolute atomic E-state index is 14.0. The Labute approximate surface area is 300 Å². The number of anilines is 1. The molecule has 0 aliphatic carbocycles. The first kappa shape index (κ1) is 36.8.